The van der Waals surface area contributed by atoms with E-state index in [1.54, 1.807) is 0 Å². The molecule has 0 spiro atoms. The molecule has 0 aliphatic carbocycles. The lowest BCUT2D eigenvalue weighted by molar-refractivity contribution is -0.156. The Morgan fingerprint density at radius 2 is 1.85 bits per heavy atom. The summed E-state index contributed by atoms with van der Waals surface area (Å²) in [6.07, 6.45) is 5.37. The van der Waals surface area contributed by atoms with Crippen LogP contribution in [0.3, 0.4) is 0 Å². The number of rotatable bonds is 16. The number of aliphatic carboxylic acids is 1. The van der Waals surface area contributed by atoms with Crippen LogP contribution in [0.15, 0.2) is 0 Å². The molecule has 0 aliphatic rings. The molecule has 4 atom stereocenters. The Balaban J connectivity index is 5.27. The monoisotopic (exact) mass is 405 g/mol. The van der Waals surface area contributed by atoms with Gasteiger partial charge in [0.15, 0.2) is 0 Å². The number of carboxylic acids is 1. The molecule has 160 valence electrons. The van der Waals surface area contributed by atoms with Crippen LogP contribution in [-0.4, -0.2) is 58.1 Å². The van der Waals surface area contributed by atoms with Crippen molar-refractivity contribution < 1.29 is 19.8 Å². The summed E-state index contributed by atoms with van der Waals surface area (Å²) in [6, 6.07) is -1.43. The van der Waals surface area contributed by atoms with Gasteiger partial charge >= 0.3 is 5.97 Å². The van der Waals surface area contributed by atoms with Gasteiger partial charge in [0.05, 0.1) is 0 Å². The first-order valence-electron chi connectivity index (χ1n) is 10.1. The van der Waals surface area contributed by atoms with Crippen molar-refractivity contribution in [1.82, 2.24) is 10.4 Å². The topological polar surface area (TPSA) is 116 Å². The average molecular weight is 406 g/mol. The Labute approximate surface area is 169 Å². The highest BCUT2D eigenvalue weighted by atomic mass is 32.1. The highest BCUT2D eigenvalue weighted by molar-refractivity contribution is 7.80. The van der Waals surface area contributed by atoms with Crippen molar-refractivity contribution in [2.75, 3.05) is 18.9 Å². The van der Waals surface area contributed by atoms with E-state index in [1.807, 2.05) is 6.92 Å². The van der Waals surface area contributed by atoms with Gasteiger partial charge in [-0.2, -0.15) is 12.6 Å². The summed E-state index contributed by atoms with van der Waals surface area (Å²) in [6.45, 7) is 6.31. The Morgan fingerprint density at radius 3 is 2.33 bits per heavy atom. The highest BCUT2D eigenvalue weighted by Gasteiger charge is 2.33. The number of nitrogens with two attached hydrogens (primary N) is 1. The standard InChI is InChI=1S/C19H39N3O4S/c1-4-7-15(9-6-8-14(3)5-2)18(24)22(21-12-16(20)13-27)17(10-11-23)19(25)26/h14-17,21,23,27H,4-13,20H2,1-3H3,(H,25,26)/t14-,15-,16+,17+/m0/s1. The number of hydrogen-bond acceptors (Lipinski definition) is 6. The van der Waals surface area contributed by atoms with Crippen LogP contribution in [0.5, 0.6) is 0 Å². The van der Waals surface area contributed by atoms with Crippen molar-refractivity contribution in [3.05, 3.63) is 0 Å². The maximum Gasteiger partial charge on any atom is 0.328 e. The third-order valence-corrected chi connectivity index (χ3v) is 5.40. The molecule has 5 N–H and O–H groups in total. The molecule has 0 bridgehead atoms. The second-order valence-electron chi connectivity index (χ2n) is 7.31. The summed E-state index contributed by atoms with van der Waals surface area (Å²) >= 11 is 4.13. The second kappa shape index (κ2) is 15.1. The molecule has 8 heteroatoms. The number of hydrazine groups is 1. The minimum Gasteiger partial charge on any atom is -0.480 e. The molecule has 7 nitrogen and oxygen atoms in total. The van der Waals surface area contributed by atoms with Crippen molar-refractivity contribution in [2.24, 2.45) is 17.6 Å². The number of carbonyl (C=O) groups excluding carboxylic acids is 1. The largest absolute Gasteiger partial charge is 0.480 e. The normalized spacial score (nSPS) is 15.8. The minimum absolute atomic E-state index is 0.0318. The molecular formula is C19H39N3O4S. The van der Waals surface area contributed by atoms with Crippen LogP contribution in [0.25, 0.3) is 0 Å². The van der Waals surface area contributed by atoms with Gasteiger partial charge in [0.2, 0.25) is 5.91 Å². The molecule has 0 aliphatic heterocycles. The summed E-state index contributed by atoms with van der Waals surface area (Å²) in [4.78, 5) is 24.8. The molecule has 0 aromatic carbocycles. The van der Waals surface area contributed by atoms with Crippen molar-refractivity contribution in [3.63, 3.8) is 0 Å². The first-order chi connectivity index (χ1) is 12.8. The number of amides is 1. The van der Waals surface area contributed by atoms with Gasteiger partial charge in [-0.1, -0.05) is 46.5 Å². The summed E-state index contributed by atoms with van der Waals surface area (Å²) in [5.74, 6) is -0.571. The molecule has 1 amide bonds. The number of nitrogens with one attached hydrogen (secondary N) is 1. The fourth-order valence-electron chi connectivity index (χ4n) is 2.96. The van der Waals surface area contributed by atoms with E-state index in [1.165, 1.54) is 5.01 Å². The smallest absolute Gasteiger partial charge is 0.328 e. The van der Waals surface area contributed by atoms with Crippen LogP contribution >= 0.6 is 12.6 Å². The van der Waals surface area contributed by atoms with Gasteiger partial charge in [-0.25, -0.2) is 10.2 Å². The van der Waals surface area contributed by atoms with Gasteiger partial charge in [0.25, 0.3) is 0 Å². The highest BCUT2D eigenvalue weighted by Crippen LogP contribution is 2.22. The van der Waals surface area contributed by atoms with E-state index in [0.717, 1.165) is 32.1 Å². The van der Waals surface area contributed by atoms with Gasteiger partial charge in [-0.15, -0.1) is 0 Å². The minimum atomic E-state index is -1.14. The van der Waals surface area contributed by atoms with Gasteiger partial charge in [-0.05, 0) is 18.8 Å². The number of thiol groups is 1. The summed E-state index contributed by atoms with van der Waals surface area (Å²) < 4.78 is 0. The van der Waals surface area contributed by atoms with E-state index in [4.69, 9.17) is 5.73 Å². The third kappa shape index (κ3) is 10.3. The zero-order valence-electron chi connectivity index (χ0n) is 17.1. The number of nitrogens with zero attached hydrogens (tertiary/aromatic N) is 1. The zero-order chi connectivity index (χ0) is 20.8. The van der Waals surface area contributed by atoms with Crippen LogP contribution in [0.1, 0.15) is 65.7 Å². The van der Waals surface area contributed by atoms with Crippen LogP contribution in [-0.2, 0) is 9.59 Å². The maximum atomic E-state index is 13.2. The average Bonchev–Trinajstić information content (AvgIpc) is 2.65. The summed E-state index contributed by atoms with van der Waals surface area (Å²) in [5, 5.41) is 20.0. The van der Waals surface area contributed by atoms with E-state index < -0.39 is 12.0 Å². The summed E-state index contributed by atoms with van der Waals surface area (Å²) in [7, 11) is 0. The number of aliphatic hydroxyl groups is 1. The molecule has 0 radical (unpaired) electrons. The first kappa shape index (κ1) is 26.2. The zero-order valence-corrected chi connectivity index (χ0v) is 18.0. The quantitative estimate of drug-likeness (QED) is 0.198. The molecule has 0 heterocycles. The fraction of sp³-hybridized carbons (Fsp3) is 0.895. The van der Waals surface area contributed by atoms with Crippen LogP contribution in [0, 0.1) is 11.8 Å². The number of hydrogen-bond donors (Lipinski definition) is 5. The van der Waals surface area contributed by atoms with E-state index >= 15 is 0 Å². The number of aliphatic hydroxyl groups excluding tert-OH is 1. The fourth-order valence-corrected chi connectivity index (χ4v) is 3.09. The van der Waals surface area contributed by atoms with Gasteiger partial charge in [0.1, 0.15) is 6.04 Å². The second-order valence-corrected chi connectivity index (χ2v) is 7.67. The molecule has 0 rings (SSSR count). The van der Waals surface area contributed by atoms with Gasteiger partial charge in [-0.3, -0.25) is 9.80 Å². The van der Waals surface area contributed by atoms with E-state index in [2.05, 4.69) is 31.9 Å². The van der Waals surface area contributed by atoms with Gasteiger partial charge < -0.3 is 15.9 Å². The van der Waals surface area contributed by atoms with E-state index in [-0.39, 0.29) is 37.4 Å². The summed E-state index contributed by atoms with van der Waals surface area (Å²) in [5.41, 5.74) is 8.77. The molecular weight excluding hydrogens is 366 g/mol. The molecule has 0 saturated heterocycles. The predicted molar refractivity (Wildman–Crippen MR) is 112 cm³/mol. The van der Waals surface area contributed by atoms with Crippen molar-refractivity contribution >= 4 is 24.5 Å². The van der Waals surface area contributed by atoms with E-state index in [9.17, 15) is 19.8 Å². The van der Waals surface area contributed by atoms with Crippen LogP contribution in [0.4, 0.5) is 0 Å². The van der Waals surface area contributed by atoms with Crippen molar-refractivity contribution in [3.8, 4) is 0 Å². The Hall–Kier alpha value is -0.830. The molecule has 0 aromatic heterocycles. The molecule has 0 fully saturated rings. The Bertz CT molecular complexity index is 426. The lowest BCUT2D eigenvalue weighted by Crippen LogP contribution is -2.57. The third-order valence-electron chi connectivity index (χ3n) is 4.93. The number of carboxylic acid groups (broad SMARTS) is 1. The lowest BCUT2D eigenvalue weighted by Gasteiger charge is -2.33. The van der Waals surface area contributed by atoms with Crippen molar-refractivity contribution in [2.45, 2.75) is 77.8 Å². The van der Waals surface area contributed by atoms with Crippen LogP contribution < -0.4 is 11.2 Å². The molecule has 0 aromatic rings. The molecule has 27 heavy (non-hydrogen) atoms. The Kier molecular flexibility index (Phi) is 14.7. The predicted octanol–water partition coefficient (Wildman–Crippen LogP) is 2.05. The lowest BCUT2D eigenvalue weighted by atomic mass is 9.92. The van der Waals surface area contributed by atoms with Gasteiger partial charge in [0, 0.05) is 37.3 Å². The van der Waals surface area contributed by atoms with Crippen LogP contribution in [0.2, 0.25) is 0 Å². The SMILES string of the molecule is CCC[C@@H](CCC[C@@H](C)CC)C(=O)N(NC[C@@H](N)CS)[C@H](CCO)C(=O)O. The van der Waals surface area contributed by atoms with E-state index in [0.29, 0.717) is 18.1 Å². The number of carbonyl (C=O) groups is 2. The molecule has 0 unspecified atom stereocenters. The Morgan fingerprint density at radius 1 is 1.19 bits per heavy atom. The molecule has 0 saturated carbocycles. The first-order valence-corrected chi connectivity index (χ1v) is 10.7. The maximum absolute atomic E-state index is 13.2. The van der Waals surface area contributed by atoms with Crippen molar-refractivity contribution in [1.29, 1.82) is 0 Å².